The van der Waals surface area contributed by atoms with Gasteiger partial charge in [0, 0.05) is 17.3 Å². The molecule has 4 heteroatoms. The zero-order chi connectivity index (χ0) is 13.9. The lowest BCUT2D eigenvalue weighted by atomic mass is 9.95. The number of pyridine rings is 1. The fourth-order valence-corrected chi connectivity index (χ4v) is 2.64. The number of nitrogens with two attached hydrogens (primary N) is 1. The summed E-state index contributed by atoms with van der Waals surface area (Å²) in [6, 6.07) is 9.66. The van der Waals surface area contributed by atoms with Gasteiger partial charge in [-0.3, -0.25) is 0 Å². The van der Waals surface area contributed by atoms with Crippen molar-refractivity contribution in [2.45, 2.75) is 18.9 Å². The highest BCUT2D eigenvalue weighted by atomic mass is 16.5. The standard InChI is InChI=1S/C16H18N2O2/c1-19-16-13(8-3-9-18-16)14(17)12-7-2-5-11-6-4-10-20-15(11)12/h2-3,5,7-9,14H,4,6,10,17H2,1H3. The Kier molecular flexibility index (Phi) is 3.56. The zero-order valence-electron chi connectivity index (χ0n) is 11.5. The van der Waals surface area contributed by atoms with E-state index in [1.165, 1.54) is 5.56 Å². The molecule has 20 heavy (non-hydrogen) atoms. The van der Waals surface area contributed by atoms with E-state index in [4.69, 9.17) is 15.2 Å². The Bertz CT molecular complexity index is 613. The third kappa shape index (κ3) is 2.23. The van der Waals surface area contributed by atoms with E-state index in [1.807, 2.05) is 24.3 Å². The lowest BCUT2D eigenvalue weighted by molar-refractivity contribution is 0.284. The van der Waals surface area contributed by atoms with Crippen LogP contribution in [0.1, 0.15) is 29.2 Å². The van der Waals surface area contributed by atoms with Gasteiger partial charge < -0.3 is 15.2 Å². The number of nitrogens with zero attached hydrogens (tertiary/aromatic N) is 1. The van der Waals surface area contributed by atoms with Crippen molar-refractivity contribution < 1.29 is 9.47 Å². The maximum atomic E-state index is 6.42. The fourth-order valence-electron chi connectivity index (χ4n) is 2.64. The van der Waals surface area contributed by atoms with Crippen LogP contribution in [0.4, 0.5) is 0 Å². The molecule has 1 aliphatic heterocycles. The minimum Gasteiger partial charge on any atom is -0.493 e. The minimum atomic E-state index is -0.299. The molecule has 1 atom stereocenters. The second-order valence-electron chi connectivity index (χ2n) is 4.87. The van der Waals surface area contributed by atoms with E-state index in [0.29, 0.717) is 5.88 Å². The molecule has 2 N–H and O–H groups in total. The summed E-state index contributed by atoms with van der Waals surface area (Å²) < 4.78 is 11.1. The second-order valence-corrected chi connectivity index (χ2v) is 4.87. The monoisotopic (exact) mass is 270 g/mol. The predicted octanol–water partition coefficient (Wildman–Crippen LogP) is 2.46. The third-order valence-electron chi connectivity index (χ3n) is 3.63. The molecule has 2 aromatic rings. The Hall–Kier alpha value is -2.07. The van der Waals surface area contributed by atoms with Crippen molar-refractivity contribution in [3.63, 3.8) is 0 Å². The lowest BCUT2D eigenvalue weighted by Crippen LogP contribution is -2.18. The van der Waals surface area contributed by atoms with Gasteiger partial charge in [0.25, 0.3) is 0 Å². The number of rotatable bonds is 3. The van der Waals surface area contributed by atoms with Gasteiger partial charge in [0.2, 0.25) is 5.88 Å². The van der Waals surface area contributed by atoms with Crippen LogP contribution in [0.25, 0.3) is 0 Å². The van der Waals surface area contributed by atoms with Gasteiger partial charge in [0.1, 0.15) is 5.75 Å². The molecule has 3 rings (SSSR count). The molecule has 0 aliphatic carbocycles. The molecular formula is C16H18N2O2. The molecule has 0 fully saturated rings. The molecular weight excluding hydrogens is 252 g/mol. The third-order valence-corrected chi connectivity index (χ3v) is 3.63. The number of para-hydroxylation sites is 1. The summed E-state index contributed by atoms with van der Waals surface area (Å²) in [4.78, 5) is 4.21. The summed E-state index contributed by atoms with van der Waals surface area (Å²) in [5.41, 5.74) is 9.51. The number of methoxy groups -OCH3 is 1. The van der Waals surface area contributed by atoms with Crippen LogP contribution in [0.3, 0.4) is 0 Å². The maximum Gasteiger partial charge on any atom is 0.218 e. The van der Waals surface area contributed by atoms with Crippen LogP contribution in [-0.4, -0.2) is 18.7 Å². The number of aryl methyl sites for hydroxylation is 1. The molecule has 1 aliphatic rings. The van der Waals surface area contributed by atoms with E-state index >= 15 is 0 Å². The number of ether oxygens (including phenoxy) is 2. The van der Waals surface area contributed by atoms with Crippen molar-refractivity contribution in [3.05, 3.63) is 53.2 Å². The summed E-state index contributed by atoms with van der Waals surface area (Å²) in [5.74, 6) is 1.49. The number of fused-ring (bicyclic) bond motifs is 1. The van der Waals surface area contributed by atoms with E-state index in [0.717, 1.165) is 36.3 Å². The molecule has 2 heterocycles. The van der Waals surface area contributed by atoms with Crippen molar-refractivity contribution in [1.82, 2.24) is 4.98 Å². The van der Waals surface area contributed by atoms with Crippen LogP contribution < -0.4 is 15.2 Å². The van der Waals surface area contributed by atoms with Crippen LogP contribution in [0.2, 0.25) is 0 Å². The van der Waals surface area contributed by atoms with Gasteiger partial charge in [-0.1, -0.05) is 24.3 Å². The van der Waals surface area contributed by atoms with Crippen molar-refractivity contribution in [2.24, 2.45) is 5.73 Å². The average Bonchev–Trinajstić information content (AvgIpc) is 2.53. The molecule has 104 valence electrons. The molecule has 4 nitrogen and oxygen atoms in total. The van der Waals surface area contributed by atoms with Crippen molar-refractivity contribution in [2.75, 3.05) is 13.7 Å². The molecule has 1 aromatic heterocycles. The van der Waals surface area contributed by atoms with Gasteiger partial charge >= 0.3 is 0 Å². The minimum absolute atomic E-state index is 0.299. The summed E-state index contributed by atoms with van der Waals surface area (Å²) >= 11 is 0. The summed E-state index contributed by atoms with van der Waals surface area (Å²) in [6.45, 7) is 0.751. The van der Waals surface area contributed by atoms with Crippen LogP contribution in [0.15, 0.2) is 36.5 Å². The highest BCUT2D eigenvalue weighted by Gasteiger charge is 2.22. The molecule has 0 saturated carbocycles. The van der Waals surface area contributed by atoms with Gasteiger partial charge in [0.15, 0.2) is 0 Å². The quantitative estimate of drug-likeness (QED) is 0.930. The smallest absolute Gasteiger partial charge is 0.218 e. The topological polar surface area (TPSA) is 57.4 Å². The fraction of sp³-hybridized carbons (Fsp3) is 0.312. The predicted molar refractivity (Wildman–Crippen MR) is 77.1 cm³/mol. The van der Waals surface area contributed by atoms with E-state index in [2.05, 4.69) is 11.1 Å². The molecule has 1 aromatic carbocycles. The Labute approximate surface area is 118 Å². The van der Waals surface area contributed by atoms with Crippen LogP contribution in [0, 0.1) is 0 Å². The highest BCUT2D eigenvalue weighted by molar-refractivity contribution is 5.49. The number of hydrogen-bond acceptors (Lipinski definition) is 4. The first-order valence-corrected chi connectivity index (χ1v) is 6.80. The van der Waals surface area contributed by atoms with E-state index in [9.17, 15) is 0 Å². The van der Waals surface area contributed by atoms with E-state index in [-0.39, 0.29) is 6.04 Å². The Morgan fingerprint density at radius 2 is 2.10 bits per heavy atom. The normalized spacial score (nSPS) is 15.1. The van der Waals surface area contributed by atoms with Crippen LogP contribution in [0.5, 0.6) is 11.6 Å². The Morgan fingerprint density at radius 3 is 2.95 bits per heavy atom. The van der Waals surface area contributed by atoms with Crippen molar-refractivity contribution >= 4 is 0 Å². The first-order valence-electron chi connectivity index (χ1n) is 6.80. The summed E-state index contributed by atoms with van der Waals surface area (Å²) in [6.07, 6.45) is 3.80. The van der Waals surface area contributed by atoms with Gasteiger partial charge in [-0.05, 0) is 24.5 Å². The zero-order valence-corrected chi connectivity index (χ0v) is 11.5. The summed E-state index contributed by atoms with van der Waals surface area (Å²) in [7, 11) is 1.61. The van der Waals surface area contributed by atoms with E-state index in [1.54, 1.807) is 13.3 Å². The number of benzene rings is 1. The Balaban J connectivity index is 2.04. The molecule has 0 amide bonds. The number of hydrogen-bond donors (Lipinski definition) is 1. The molecule has 0 radical (unpaired) electrons. The van der Waals surface area contributed by atoms with Gasteiger partial charge in [-0.15, -0.1) is 0 Å². The first kappa shape index (κ1) is 12.9. The largest absolute Gasteiger partial charge is 0.493 e. The van der Waals surface area contributed by atoms with Crippen molar-refractivity contribution in [1.29, 1.82) is 0 Å². The molecule has 1 unspecified atom stereocenters. The maximum absolute atomic E-state index is 6.42. The van der Waals surface area contributed by atoms with Crippen molar-refractivity contribution in [3.8, 4) is 11.6 Å². The first-order chi connectivity index (χ1) is 9.81. The molecule has 0 bridgehead atoms. The van der Waals surface area contributed by atoms with Crippen LogP contribution >= 0.6 is 0 Å². The number of aromatic nitrogens is 1. The highest BCUT2D eigenvalue weighted by Crippen LogP contribution is 2.36. The lowest BCUT2D eigenvalue weighted by Gasteiger charge is -2.23. The molecule has 0 saturated heterocycles. The van der Waals surface area contributed by atoms with E-state index < -0.39 is 0 Å². The van der Waals surface area contributed by atoms with Crippen LogP contribution in [-0.2, 0) is 6.42 Å². The average molecular weight is 270 g/mol. The Morgan fingerprint density at radius 1 is 1.25 bits per heavy atom. The SMILES string of the molecule is COc1ncccc1C(N)c1cccc2c1OCCC2. The van der Waals surface area contributed by atoms with Gasteiger partial charge in [0.05, 0.1) is 19.8 Å². The second kappa shape index (κ2) is 5.51. The summed E-state index contributed by atoms with van der Waals surface area (Å²) in [5, 5.41) is 0. The van der Waals surface area contributed by atoms with Gasteiger partial charge in [-0.25, -0.2) is 4.98 Å². The molecule has 0 spiro atoms. The van der Waals surface area contributed by atoms with Gasteiger partial charge in [-0.2, -0.15) is 0 Å².